The predicted octanol–water partition coefficient (Wildman–Crippen LogP) is 3.85. The van der Waals surface area contributed by atoms with Crippen LogP contribution in [0.15, 0.2) is 24.5 Å². The molecule has 3 nitrogen and oxygen atoms in total. The van der Waals surface area contributed by atoms with Crippen molar-refractivity contribution in [1.82, 2.24) is 9.55 Å². The largest absolute Gasteiger partial charge is 0.332 e. The van der Waals surface area contributed by atoms with Crippen LogP contribution in [-0.4, -0.2) is 9.55 Å². The second kappa shape index (κ2) is 5.54. The molecule has 5 heteroatoms. The molecule has 108 valence electrons. The van der Waals surface area contributed by atoms with Crippen LogP contribution in [0.4, 0.5) is 4.39 Å². The molecule has 0 atom stereocenters. The average molecular weight is 296 g/mol. The first-order valence-corrected chi connectivity index (χ1v) is 6.89. The van der Waals surface area contributed by atoms with Gasteiger partial charge in [0.2, 0.25) is 0 Å². The van der Waals surface area contributed by atoms with Crippen molar-refractivity contribution >= 4 is 11.6 Å². The van der Waals surface area contributed by atoms with E-state index in [9.17, 15) is 4.39 Å². The molecule has 0 unspecified atom stereocenters. The molecule has 20 heavy (non-hydrogen) atoms. The smallest absolute Gasteiger partial charge is 0.124 e. The van der Waals surface area contributed by atoms with Crippen molar-refractivity contribution in [3.8, 4) is 11.3 Å². The van der Waals surface area contributed by atoms with Crippen LogP contribution < -0.4 is 5.73 Å². The van der Waals surface area contributed by atoms with E-state index in [4.69, 9.17) is 17.3 Å². The summed E-state index contributed by atoms with van der Waals surface area (Å²) < 4.78 is 15.2. The highest BCUT2D eigenvalue weighted by atomic mass is 35.5. The highest BCUT2D eigenvalue weighted by Gasteiger charge is 2.18. The van der Waals surface area contributed by atoms with Crippen molar-refractivity contribution in [3.63, 3.8) is 0 Å². The van der Waals surface area contributed by atoms with Crippen LogP contribution in [0, 0.1) is 11.2 Å². The molecule has 0 aliphatic rings. The minimum atomic E-state index is -0.359. The number of halogens is 2. The quantitative estimate of drug-likeness (QED) is 0.935. The van der Waals surface area contributed by atoms with Gasteiger partial charge in [-0.2, -0.15) is 0 Å². The van der Waals surface area contributed by atoms with Crippen LogP contribution in [0.25, 0.3) is 11.3 Å². The van der Waals surface area contributed by atoms with E-state index in [1.807, 2.05) is 4.57 Å². The monoisotopic (exact) mass is 295 g/mol. The van der Waals surface area contributed by atoms with Crippen LogP contribution >= 0.6 is 11.6 Å². The third kappa shape index (κ3) is 3.19. The Morgan fingerprint density at radius 2 is 2.05 bits per heavy atom. The molecule has 0 fully saturated rings. The molecule has 0 aliphatic heterocycles. The van der Waals surface area contributed by atoms with Gasteiger partial charge in [-0.25, -0.2) is 9.37 Å². The van der Waals surface area contributed by atoms with Crippen molar-refractivity contribution in [2.24, 2.45) is 11.1 Å². The van der Waals surface area contributed by atoms with E-state index in [-0.39, 0.29) is 11.2 Å². The average Bonchev–Trinajstić information content (AvgIpc) is 2.69. The molecule has 0 radical (unpaired) electrons. The lowest BCUT2D eigenvalue weighted by atomic mass is 9.96. The van der Waals surface area contributed by atoms with Crippen LogP contribution in [0.3, 0.4) is 0 Å². The second-order valence-corrected chi connectivity index (χ2v) is 6.46. The molecule has 0 amide bonds. The summed E-state index contributed by atoms with van der Waals surface area (Å²) in [5.41, 5.74) is 8.32. The maximum Gasteiger partial charge on any atom is 0.124 e. The first-order valence-electron chi connectivity index (χ1n) is 6.51. The third-order valence-corrected chi connectivity index (χ3v) is 3.28. The fourth-order valence-corrected chi connectivity index (χ4v) is 2.43. The van der Waals surface area contributed by atoms with Gasteiger partial charge in [0.25, 0.3) is 0 Å². The molecule has 1 heterocycles. The number of aromatic nitrogens is 2. The number of rotatable bonds is 3. The van der Waals surface area contributed by atoms with Gasteiger partial charge in [0, 0.05) is 18.7 Å². The van der Waals surface area contributed by atoms with E-state index in [2.05, 4.69) is 25.8 Å². The van der Waals surface area contributed by atoms with Crippen LogP contribution in [0.2, 0.25) is 5.02 Å². The zero-order valence-electron chi connectivity index (χ0n) is 12.0. The van der Waals surface area contributed by atoms with E-state index in [1.54, 1.807) is 12.4 Å². The minimum Gasteiger partial charge on any atom is -0.332 e. The molecule has 0 bridgehead atoms. The van der Waals surface area contributed by atoms with Crippen molar-refractivity contribution < 1.29 is 4.39 Å². The van der Waals surface area contributed by atoms with E-state index in [1.165, 1.54) is 12.1 Å². The molecule has 1 aromatic heterocycles. The summed E-state index contributed by atoms with van der Waals surface area (Å²) in [6.45, 7) is 7.62. The summed E-state index contributed by atoms with van der Waals surface area (Å²) in [7, 11) is 0. The maximum atomic E-state index is 13.1. The van der Waals surface area contributed by atoms with E-state index < -0.39 is 0 Å². The van der Waals surface area contributed by atoms with Gasteiger partial charge in [0.05, 0.1) is 22.7 Å². The van der Waals surface area contributed by atoms with Gasteiger partial charge in [-0.3, -0.25) is 0 Å². The van der Waals surface area contributed by atoms with Crippen LogP contribution in [-0.2, 0) is 13.1 Å². The molecule has 0 saturated heterocycles. The van der Waals surface area contributed by atoms with E-state index in [0.717, 1.165) is 17.9 Å². The molecule has 0 aliphatic carbocycles. The van der Waals surface area contributed by atoms with Gasteiger partial charge in [-0.05, 0) is 23.6 Å². The third-order valence-electron chi connectivity index (χ3n) is 2.97. The molecule has 0 spiro atoms. The Hall–Kier alpha value is -1.39. The van der Waals surface area contributed by atoms with Crippen LogP contribution in [0.5, 0.6) is 0 Å². The lowest BCUT2D eigenvalue weighted by molar-refractivity contribution is 0.339. The number of imidazole rings is 1. The number of hydrogen-bond acceptors (Lipinski definition) is 2. The first-order chi connectivity index (χ1) is 9.31. The number of nitrogens with zero attached hydrogens (tertiary/aromatic N) is 2. The summed E-state index contributed by atoms with van der Waals surface area (Å²) in [5.74, 6) is -0.359. The summed E-state index contributed by atoms with van der Waals surface area (Å²) in [6, 6.07) is 4.31. The summed E-state index contributed by atoms with van der Waals surface area (Å²) in [5, 5.41) is 0.348. The normalized spacial score (nSPS) is 11.9. The van der Waals surface area contributed by atoms with E-state index in [0.29, 0.717) is 17.1 Å². The van der Waals surface area contributed by atoms with Crippen molar-refractivity contribution in [3.05, 3.63) is 41.1 Å². The zero-order valence-corrected chi connectivity index (χ0v) is 12.7. The lowest BCUT2D eigenvalue weighted by Gasteiger charge is -2.20. The first kappa shape index (κ1) is 15.0. The molecule has 0 saturated carbocycles. The van der Waals surface area contributed by atoms with Gasteiger partial charge >= 0.3 is 0 Å². The van der Waals surface area contributed by atoms with Gasteiger partial charge in [0.1, 0.15) is 5.82 Å². The van der Waals surface area contributed by atoms with Gasteiger partial charge < -0.3 is 10.3 Å². The number of hydrogen-bond donors (Lipinski definition) is 1. The van der Waals surface area contributed by atoms with Gasteiger partial charge in [-0.15, -0.1) is 0 Å². The SMILES string of the molecule is CC(C)(C)Cn1cnc(-c2ccc(F)cc2Cl)c1CN. The number of nitrogens with two attached hydrogens (primary N) is 1. The Balaban J connectivity index is 2.47. The highest BCUT2D eigenvalue weighted by Crippen LogP contribution is 2.31. The highest BCUT2D eigenvalue weighted by molar-refractivity contribution is 6.33. The lowest BCUT2D eigenvalue weighted by Crippen LogP contribution is -2.18. The molecule has 2 rings (SSSR count). The minimum absolute atomic E-state index is 0.120. The van der Waals surface area contributed by atoms with Crippen molar-refractivity contribution in [1.29, 1.82) is 0 Å². The molecular formula is C15H19ClFN3. The van der Waals surface area contributed by atoms with Crippen molar-refractivity contribution in [2.45, 2.75) is 33.9 Å². The maximum absolute atomic E-state index is 13.1. The second-order valence-electron chi connectivity index (χ2n) is 6.06. The van der Waals surface area contributed by atoms with Crippen molar-refractivity contribution in [2.75, 3.05) is 0 Å². The topological polar surface area (TPSA) is 43.8 Å². The Labute approximate surface area is 123 Å². The summed E-state index contributed by atoms with van der Waals surface area (Å²) in [4.78, 5) is 4.41. The molecule has 2 N–H and O–H groups in total. The summed E-state index contributed by atoms with van der Waals surface area (Å²) in [6.07, 6.45) is 1.77. The zero-order chi connectivity index (χ0) is 14.9. The fourth-order valence-electron chi connectivity index (χ4n) is 2.18. The molecule has 2 aromatic rings. The van der Waals surface area contributed by atoms with Gasteiger partial charge in [0.15, 0.2) is 0 Å². The Bertz CT molecular complexity index is 614. The Kier molecular flexibility index (Phi) is 4.16. The van der Waals surface area contributed by atoms with E-state index >= 15 is 0 Å². The number of benzene rings is 1. The van der Waals surface area contributed by atoms with Crippen LogP contribution in [0.1, 0.15) is 26.5 Å². The molecular weight excluding hydrogens is 277 g/mol. The molecule has 1 aromatic carbocycles. The fraction of sp³-hybridized carbons (Fsp3) is 0.400. The van der Waals surface area contributed by atoms with Gasteiger partial charge in [-0.1, -0.05) is 32.4 Å². The predicted molar refractivity (Wildman–Crippen MR) is 80.0 cm³/mol. The standard InChI is InChI=1S/C15H19ClFN3/c1-15(2,3)8-20-9-19-14(13(20)7-18)11-5-4-10(17)6-12(11)16/h4-6,9H,7-8,18H2,1-3H3. The Morgan fingerprint density at radius 1 is 1.35 bits per heavy atom. The Morgan fingerprint density at radius 3 is 2.60 bits per heavy atom. The summed E-state index contributed by atoms with van der Waals surface area (Å²) >= 11 is 6.11.